The molecule has 38 heavy (non-hydrogen) atoms. The van der Waals surface area contributed by atoms with Crippen LogP contribution in [0.2, 0.25) is 0 Å². The van der Waals surface area contributed by atoms with Gasteiger partial charge < -0.3 is 0 Å². The van der Waals surface area contributed by atoms with Gasteiger partial charge in [-0.25, -0.2) is 4.90 Å². The Morgan fingerprint density at radius 2 is 1.08 bits per heavy atom. The second-order valence-corrected chi connectivity index (χ2v) is 10.6. The minimum atomic E-state index is -4.49. The summed E-state index contributed by atoms with van der Waals surface area (Å²) in [7, 11) is -3.11. The maximum Gasteiger partial charge on any atom is 0.295 e. The predicted octanol–water partition coefficient (Wildman–Crippen LogP) is 4.09. The smallest absolute Gasteiger partial charge is 0.282 e. The molecule has 4 aromatic carbocycles. The number of carbonyl (C=O) groups excluding carboxylic acids is 4. The van der Waals surface area contributed by atoms with Gasteiger partial charge in [-0.15, -0.1) is 0 Å². The molecule has 4 amide bonds. The number of nitrogens with zero attached hydrogens (tertiary/aromatic N) is 2. The molecule has 0 radical (unpaired) electrons. The maximum atomic E-state index is 13.6. The van der Waals surface area contributed by atoms with Crippen molar-refractivity contribution >= 4 is 50.2 Å². The Hall–Kier alpha value is -4.67. The first-order chi connectivity index (χ1) is 18.0. The minimum absolute atomic E-state index is 0.182. The van der Waals surface area contributed by atoms with Crippen molar-refractivity contribution in [2.45, 2.75) is 11.8 Å². The highest BCUT2D eigenvalue weighted by Crippen LogP contribution is 2.39. The van der Waals surface area contributed by atoms with E-state index in [4.69, 9.17) is 0 Å². The molecule has 0 atom stereocenters. The van der Waals surface area contributed by atoms with Gasteiger partial charge in [-0.05, 0) is 60.5 Å². The van der Waals surface area contributed by atoms with Gasteiger partial charge in [0.2, 0.25) is 0 Å². The van der Waals surface area contributed by atoms with E-state index in [1.165, 1.54) is 49.5 Å². The highest BCUT2D eigenvalue weighted by Gasteiger charge is 2.39. The number of aryl methyl sites for hydroxylation is 1. The van der Waals surface area contributed by atoms with Crippen molar-refractivity contribution in [3.8, 4) is 11.1 Å². The first-order valence-electron chi connectivity index (χ1n) is 11.5. The van der Waals surface area contributed by atoms with E-state index in [2.05, 4.69) is 0 Å². The molecule has 0 bridgehead atoms. The van der Waals surface area contributed by atoms with E-state index >= 15 is 0 Å². The lowest BCUT2D eigenvalue weighted by Crippen LogP contribution is -2.42. The van der Waals surface area contributed by atoms with Crippen LogP contribution in [0.4, 0.5) is 5.69 Å². The van der Waals surface area contributed by atoms with Gasteiger partial charge in [0.15, 0.2) is 0 Å². The quantitative estimate of drug-likeness (QED) is 0.314. The van der Waals surface area contributed by atoms with Crippen LogP contribution in [-0.4, -0.2) is 48.5 Å². The standard InChI is InChI=1S/C28H18N2O7S/c1-14-3-8-17(22(13-14)38(35,36)37)15-4-6-16(7-5-15)30-27(33)20-11-9-18-23-19(26(32)29(2)25(18)31)10-12-21(24(20)23)28(30)34/h3-13H,1-2H3,(H,35,36,37). The second kappa shape index (κ2) is 7.91. The summed E-state index contributed by atoms with van der Waals surface area (Å²) in [4.78, 5) is 54.3. The fourth-order valence-corrected chi connectivity index (χ4v) is 5.90. The van der Waals surface area contributed by atoms with Crippen molar-refractivity contribution in [2.24, 2.45) is 0 Å². The van der Waals surface area contributed by atoms with E-state index in [9.17, 15) is 32.1 Å². The summed E-state index contributed by atoms with van der Waals surface area (Å²) in [5.41, 5.74) is 2.47. The van der Waals surface area contributed by atoms with Crippen molar-refractivity contribution in [1.29, 1.82) is 0 Å². The van der Waals surface area contributed by atoms with Crippen molar-refractivity contribution in [3.63, 3.8) is 0 Å². The molecule has 0 aromatic heterocycles. The molecule has 0 saturated carbocycles. The highest BCUT2D eigenvalue weighted by atomic mass is 32.2. The van der Waals surface area contributed by atoms with E-state index in [0.717, 1.165) is 9.80 Å². The van der Waals surface area contributed by atoms with E-state index in [-0.39, 0.29) is 43.8 Å². The Labute approximate surface area is 216 Å². The molecular weight excluding hydrogens is 508 g/mol. The number of hydrogen-bond donors (Lipinski definition) is 1. The van der Waals surface area contributed by atoms with Crippen LogP contribution >= 0.6 is 0 Å². The first kappa shape index (κ1) is 23.7. The fraction of sp³-hybridized carbons (Fsp3) is 0.0714. The lowest BCUT2D eigenvalue weighted by molar-refractivity contribution is 0.0649. The van der Waals surface area contributed by atoms with Crippen LogP contribution in [0.3, 0.4) is 0 Å². The van der Waals surface area contributed by atoms with Crippen LogP contribution in [0.1, 0.15) is 47.0 Å². The largest absolute Gasteiger partial charge is 0.295 e. The van der Waals surface area contributed by atoms with E-state index in [1.807, 2.05) is 0 Å². The molecule has 0 fully saturated rings. The van der Waals surface area contributed by atoms with Crippen LogP contribution in [0.15, 0.2) is 71.6 Å². The van der Waals surface area contributed by atoms with Crippen LogP contribution in [0.5, 0.6) is 0 Å². The Morgan fingerprint density at radius 1 is 0.632 bits per heavy atom. The number of anilines is 1. The number of benzene rings is 4. The van der Waals surface area contributed by atoms with Crippen LogP contribution < -0.4 is 4.90 Å². The summed E-state index contributed by atoms with van der Waals surface area (Å²) in [5, 5.41) is 0.567. The molecule has 0 aliphatic carbocycles. The molecular formula is C28H18N2O7S. The second-order valence-electron chi connectivity index (χ2n) is 9.21. The van der Waals surface area contributed by atoms with Crippen molar-refractivity contribution < 1.29 is 32.1 Å². The molecule has 0 spiro atoms. The summed E-state index contributed by atoms with van der Waals surface area (Å²) in [5.74, 6) is -2.26. The molecule has 0 unspecified atom stereocenters. The molecule has 9 nitrogen and oxygen atoms in total. The summed E-state index contributed by atoms with van der Waals surface area (Å²) in [6.45, 7) is 1.70. The minimum Gasteiger partial charge on any atom is -0.282 e. The fourth-order valence-electron chi connectivity index (χ4n) is 5.10. The van der Waals surface area contributed by atoms with Crippen molar-refractivity contribution in [2.75, 3.05) is 11.9 Å². The summed E-state index contributed by atoms with van der Waals surface area (Å²) in [6.07, 6.45) is 0. The van der Waals surface area contributed by atoms with Gasteiger partial charge in [0.05, 0.1) is 5.69 Å². The van der Waals surface area contributed by atoms with Gasteiger partial charge >= 0.3 is 0 Å². The SMILES string of the molecule is Cc1ccc(-c2ccc(N3C(=O)c4ccc5c6c(ccc(c46)C3=O)C(=O)N(C)C5=O)cc2)c(S(=O)(=O)O)c1. The summed E-state index contributed by atoms with van der Waals surface area (Å²) >= 11 is 0. The molecule has 6 rings (SSSR count). The number of amides is 4. The Morgan fingerprint density at radius 3 is 1.55 bits per heavy atom. The Balaban J connectivity index is 1.46. The molecule has 2 aliphatic heterocycles. The van der Waals surface area contributed by atoms with Crippen LogP contribution in [0, 0.1) is 6.92 Å². The van der Waals surface area contributed by atoms with Gasteiger partial charge in [-0.3, -0.25) is 28.6 Å². The van der Waals surface area contributed by atoms with Crippen LogP contribution in [0.25, 0.3) is 21.9 Å². The van der Waals surface area contributed by atoms with Crippen LogP contribution in [-0.2, 0) is 10.1 Å². The lowest BCUT2D eigenvalue weighted by Gasteiger charge is -2.30. The number of hydrogen-bond acceptors (Lipinski definition) is 6. The average molecular weight is 527 g/mol. The monoisotopic (exact) mass is 526 g/mol. The van der Waals surface area contributed by atoms with E-state index in [0.29, 0.717) is 16.5 Å². The zero-order chi connectivity index (χ0) is 27.1. The number of carbonyl (C=O) groups is 4. The Kier molecular flexibility index (Phi) is 4.94. The highest BCUT2D eigenvalue weighted by molar-refractivity contribution is 7.86. The van der Waals surface area contributed by atoms with Crippen molar-refractivity contribution in [1.82, 2.24) is 4.90 Å². The molecule has 10 heteroatoms. The topological polar surface area (TPSA) is 129 Å². The third kappa shape index (κ3) is 3.24. The molecule has 0 saturated heterocycles. The normalized spacial score (nSPS) is 15.0. The third-order valence-corrected chi connectivity index (χ3v) is 7.84. The molecule has 4 aromatic rings. The lowest BCUT2D eigenvalue weighted by atomic mass is 9.86. The van der Waals surface area contributed by atoms with E-state index in [1.54, 1.807) is 31.2 Å². The molecule has 2 heterocycles. The third-order valence-electron chi connectivity index (χ3n) is 6.95. The maximum absolute atomic E-state index is 13.6. The van der Waals surface area contributed by atoms with E-state index < -0.39 is 33.7 Å². The first-order valence-corrected chi connectivity index (χ1v) is 12.9. The van der Waals surface area contributed by atoms with Gasteiger partial charge in [-0.1, -0.05) is 24.3 Å². The predicted molar refractivity (Wildman–Crippen MR) is 138 cm³/mol. The summed E-state index contributed by atoms with van der Waals surface area (Å²) in [6, 6.07) is 16.7. The van der Waals surface area contributed by atoms with Gasteiger partial charge in [0, 0.05) is 45.6 Å². The number of imide groups is 2. The van der Waals surface area contributed by atoms with Gasteiger partial charge in [0.1, 0.15) is 4.90 Å². The van der Waals surface area contributed by atoms with Gasteiger partial charge in [-0.2, -0.15) is 8.42 Å². The zero-order valence-corrected chi connectivity index (χ0v) is 20.9. The van der Waals surface area contributed by atoms with Crippen molar-refractivity contribution in [3.05, 3.63) is 94.5 Å². The number of rotatable bonds is 3. The zero-order valence-electron chi connectivity index (χ0n) is 20.1. The molecule has 188 valence electrons. The summed E-state index contributed by atoms with van der Waals surface area (Å²) < 4.78 is 33.6. The average Bonchev–Trinajstić information content (AvgIpc) is 2.89. The molecule has 2 aliphatic rings. The Bertz CT molecular complexity index is 1820. The molecule has 1 N–H and O–H groups in total. The van der Waals surface area contributed by atoms with Gasteiger partial charge in [0.25, 0.3) is 33.7 Å².